The highest BCUT2D eigenvalue weighted by atomic mass is 16.5. The Balaban J connectivity index is 2.17. The number of nitrogens with one attached hydrogen (secondary N) is 1. The first-order valence-corrected chi connectivity index (χ1v) is 6.39. The average Bonchev–Trinajstić information content (AvgIpc) is 2.86. The summed E-state index contributed by atoms with van der Waals surface area (Å²) < 4.78 is 5.53. The minimum absolute atomic E-state index is 0.119. The second kappa shape index (κ2) is 5.87. The summed E-state index contributed by atoms with van der Waals surface area (Å²) in [7, 11) is 0. The zero-order chi connectivity index (χ0) is 13.7. The van der Waals surface area contributed by atoms with E-state index in [0.29, 0.717) is 18.8 Å². The summed E-state index contributed by atoms with van der Waals surface area (Å²) >= 11 is 0. The van der Waals surface area contributed by atoms with Gasteiger partial charge < -0.3 is 15.8 Å². The molecule has 1 aromatic rings. The number of anilines is 1. The normalized spacial score (nSPS) is 21.6. The molecule has 100 valence electrons. The van der Waals surface area contributed by atoms with Crippen LogP contribution in [0.15, 0.2) is 24.3 Å². The van der Waals surface area contributed by atoms with Crippen LogP contribution in [0.1, 0.15) is 25.3 Å². The lowest BCUT2D eigenvalue weighted by Gasteiger charge is -2.22. The van der Waals surface area contributed by atoms with Gasteiger partial charge in [0.15, 0.2) is 0 Å². The monoisotopic (exact) mass is 258 g/mol. The Bertz CT molecular complexity index is 522. The van der Waals surface area contributed by atoms with Gasteiger partial charge in [-0.2, -0.15) is 0 Å². The highest BCUT2D eigenvalue weighted by molar-refractivity contribution is 5.98. The van der Waals surface area contributed by atoms with Gasteiger partial charge in [0, 0.05) is 12.2 Å². The summed E-state index contributed by atoms with van der Waals surface area (Å²) in [6.07, 6.45) is 1.66. The zero-order valence-electron chi connectivity index (χ0n) is 11.0. The van der Waals surface area contributed by atoms with E-state index in [4.69, 9.17) is 10.5 Å². The Labute approximate surface area is 113 Å². The fraction of sp³-hybridized carbons (Fsp3) is 0.400. The molecule has 0 spiro atoms. The minimum atomic E-state index is -0.728. The molecule has 0 radical (unpaired) electrons. The van der Waals surface area contributed by atoms with Gasteiger partial charge >= 0.3 is 0 Å². The molecule has 4 nitrogen and oxygen atoms in total. The third-order valence-corrected chi connectivity index (χ3v) is 3.20. The average molecular weight is 258 g/mol. The Morgan fingerprint density at radius 1 is 1.53 bits per heavy atom. The van der Waals surface area contributed by atoms with Gasteiger partial charge in [-0.1, -0.05) is 24.0 Å². The molecule has 0 bridgehead atoms. The van der Waals surface area contributed by atoms with Crippen LogP contribution in [-0.4, -0.2) is 24.7 Å². The molecule has 0 aliphatic carbocycles. The molecule has 0 saturated carbocycles. The number of nitrogens with two attached hydrogens (primary N) is 1. The first kappa shape index (κ1) is 13.6. The maximum absolute atomic E-state index is 12.3. The van der Waals surface area contributed by atoms with Crippen LogP contribution in [0.4, 0.5) is 5.69 Å². The summed E-state index contributed by atoms with van der Waals surface area (Å²) in [6, 6.07) is 7.43. The van der Waals surface area contributed by atoms with Crippen molar-refractivity contribution in [3.05, 3.63) is 29.8 Å². The Morgan fingerprint density at radius 2 is 2.32 bits per heavy atom. The molecule has 1 aliphatic rings. The number of hydrogen-bond donors (Lipinski definition) is 2. The Kier molecular flexibility index (Phi) is 4.20. The second-order valence-electron chi connectivity index (χ2n) is 4.69. The number of benzene rings is 1. The van der Waals surface area contributed by atoms with E-state index in [2.05, 4.69) is 17.2 Å². The van der Waals surface area contributed by atoms with Crippen LogP contribution in [-0.2, 0) is 9.53 Å². The summed E-state index contributed by atoms with van der Waals surface area (Å²) in [5.74, 6) is 5.62. The molecule has 1 amide bonds. The van der Waals surface area contributed by atoms with Crippen molar-refractivity contribution in [2.75, 3.05) is 18.5 Å². The molecule has 19 heavy (non-hydrogen) atoms. The lowest BCUT2D eigenvalue weighted by molar-refractivity contribution is -0.133. The second-order valence-corrected chi connectivity index (χ2v) is 4.69. The van der Waals surface area contributed by atoms with E-state index in [9.17, 15) is 4.79 Å². The quantitative estimate of drug-likeness (QED) is 0.790. The summed E-state index contributed by atoms with van der Waals surface area (Å²) in [4.78, 5) is 12.3. The van der Waals surface area contributed by atoms with Gasteiger partial charge in [0.05, 0.1) is 12.2 Å². The molecule has 1 fully saturated rings. The number of amides is 1. The van der Waals surface area contributed by atoms with Crippen molar-refractivity contribution in [2.24, 2.45) is 5.73 Å². The van der Waals surface area contributed by atoms with Crippen LogP contribution < -0.4 is 11.1 Å². The van der Waals surface area contributed by atoms with Crippen molar-refractivity contribution in [3.63, 3.8) is 0 Å². The number of hydrogen-bond acceptors (Lipinski definition) is 3. The number of ether oxygens (including phenoxy) is 1. The maximum Gasteiger partial charge on any atom is 0.256 e. The number of carbonyl (C=O) groups is 1. The van der Waals surface area contributed by atoms with Crippen LogP contribution in [0, 0.1) is 11.8 Å². The Morgan fingerprint density at radius 3 is 3.00 bits per heavy atom. The van der Waals surface area contributed by atoms with Crippen molar-refractivity contribution in [1.82, 2.24) is 0 Å². The molecular weight excluding hydrogens is 240 g/mol. The van der Waals surface area contributed by atoms with Crippen LogP contribution in [0.5, 0.6) is 0 Å². The molecule has 3 N–H and O–H groups in total. The molecule has 2 rings (SSSR count). The van der Waals surface area contributed by atoms with Crippen molar-refractivity contribution >= 4 is 11.6 Å². The molecule has 1 heterocycles. The Hall–Kier alpha value is -1.83. The summed E-state index contributed by atoms with van der Waals surface area (Å²) in [5.41, 5.74) is 6.11. The standard InChI is InChI=1S/C15H18N2O2/c1-15(9-5-11-19-15)14(18)17-13-8-3-2-6-12(13)7-4-10-16/h2-3,6,8H,5,9-11,16H2,1H3,(H,17,18). The predicted molar refractivity (Wildman–Crippen MR) is 74.6 cm³/mol. The van der Waals surface area contributed by atoms with Gasteiger partial charge in [0.25, 0.3) is 5.91 Å². The first-order chi connectivity index (χ1) is 9.15. The van der Waals surface area contributed by atoms with Crippen molar-refractivity contribution in [2.45, 2.75) is 25.4 Å². The number of rotatable bonds is 2. The van der Waals surface area contributed by atoms with Gasteiger partial charge in [0.2, 0.25) is 0 Å². The summed E-state index contributed by atoms with van der Waals surface area (Å²) in [6.45, 7) is 2.76. The van der Waals surface area contributed by atoms with Crippen molar-refractivity contribution < 1.29 is 9.53 Å². The first-order valence-electron chi connectivity index (χ1n) is 6.39. The highest BCUT2D eigenvalue weighted by Crippen LogP contribution is 2.27. The molecule has 1 atom stereocenters. The van der Waals surface area contributed by atoms with Gasteiger partial charge in [-0.3, -0.25) is 4.79 Å². The molecule has 1 saturated heterocycles. The van der Waals surface area contributed by atoms with Crippen LogP contribution >= 0.6 is 0 Å². The number of para-hydroxylation sites is 1. The maximum atomic E-state index is 12.3. The lowest BCUT2D eigenvalue weighted by Crippen LogP contribution is -2.39. The van der Waals surface area contributed by atoms with E-state index in [1.807, 2.05) is 31.2 Å². The van der Waals surface area contributed by atoms with Crippen LogP contribution in [0.3, 0.4) is 0 Å². The molecule has 1 unspecified atom stereocenters. The fourth-order valence-corrected chi connectivity index (χ4v) is 2.06. The minimum Gasteiger partial charge on any atom is -0.365 e. The fourth-order valence-electron chi connectivity index (χ4n) is 2.06. The lowest BCUT2D eigenvalue weighted by atomic mass is 10.0. The third kappa shape index (κ3) is 3.14. The highest BCUT2D eigenvalue weighted by Gasteiger charge is 2.37. The van der Waals surface area contributed by atoms with E-state index in [-0.39, 0.29) is 5.91 Å². The van der Waals surface area contributed by atoms with Gasteiger partial charge in [-0.15, -0.1) is 0 Å². The zero-order valence-corrected chi connectivity index (χ0v) is 11.0. The summed E-state index contributed by atoms with van der Waals surface area (Å²) in [5, 5.41) is 2.89. The van der Waals surface area contributed by atoms with Crippen LogP contribution in [0.25, 0.3) is 0 Å². The largest absolute Gasteiger partial charge is 0.365 e. The van der Waals surface area contributed by atoms with Gasteiger partial charge in [-0.25, -0.2) is 0 Å². The smallest absolute Gasteiger partial charge is 0.256 e. The third-order valence-electron chi connectivity index (χ3n) is 3.20. The molecule has 4 heteroatoms. The molecule has 1 aliphatic heterocycles. The van der Waals surface area contributed by atoms with E-state index in [1.54, 1.807) is 0 Å². The molecule has 1 aromatic carbocycles. The molecular formula is C15H18N2O2. The van der Waals surface area contributed by atoms with E-state index >= 15 is 0 Å². The van der Waals surface area contributed by atoms with E-state index in [1.165, 1.54) is 0 Å². The van der Waals surface area contributed by atoms with Crippen molar-refractivity contribution in [1.29, 1.82) is 0 Å². The topological polar surface area (TPSA) is 64.4 Å². The van der Waals surface area contributed by atoms with E-state index in [0.717, 1.165) is 18.4 Å². The predicted octanol–water partition coefficient (Wildman–Crippen LogP) is 1.50. The van der Waals surface area contributed by atoms with Crippen molar-refractivity contribution in [3.8, 4) is 11.8 Å². The van der Waals surface area contributed by atoms with Gasteiger partial charge in [-0.05, 0) is 31.9 Å². The van der Waals surface area contributed by atoms with E-state index < -0.39 is 5.60 Å². The molecule has 0 aromatic heterocycles. The van der Waals surface area contributed by atoms with Crippen LogP contribution in [0.2, 0.25) is 0 Å². The van der Waals surface area contributed by atoms with Gasteiger partial charge in [0.1, 0.15) is 5.60 Å². The number of carbonyl (C=O) groups excluding carboxylic acids is 1. The SMILES string of the molecule is CC1(C(=O)Nc2ccccc2C#CCN)CCCO1.